The Morgan fingerprint density at radius 2 is 1.96 bits per heavy atom. The first kappa shape index (κ1) is 18.6. The molecule has 26 heavy (non-hydrogen) atoms. The lowest BCUT2D eigenvalue weighted by Crippen LogP contribution is -2.12. The van der Waals surface area contributed by atoms with Gasteiger partial charge in [0.2, 0.25) is 0 Å². The highest BCUT2D eigenvalue weighted by atomic mass is 35.5. The fourth-order valence-electron chi connectivity index (χ4n) is 1.94. The summed E-state index contributed by atoms with van der Waals surface area (Å²) in [4.78, 5) is 22.4. The lowest BCUT2D eigenvalue weighted by molar-refractivity contribution is -0.384. The number of carbonyl (C=O) groups is 1. The van der Waals surface area contributed by atoms with E-state index in [0.717, 1.165) is 30.3 Å². The number of esters is 1. The summed E-state index contributed by atoms with van der Waals surface area (Å²) in [7, 11) is 0. The molecule has 0 spiro atoms. The third-order valence-electron chi connectivity index (χ3n) is 3.11. The Balaban J connectivity index is 2.51. The summed E-state index contributed by atoms with van der Waals surface area (Å²) < 4.78 is 18.9. The minimum absolute atomic E-state index is 0.0712. The zero-order valence-electron chi connectivity index (χ0n) is 12.8. The number of rotatable bonds is 4. The van der Waals surface area contributed by atoms with Crippen molar-refractivity contribution in [2.75, 3.05) is 0 Å². The second-order valence-electron chi connectivity index (χ2n) is 4.75. The Kier molecular flexibility index (Phi) is 5.63. The molecule has 0 aromatic heterocycles. The summed E-state index contributed by atoms with van der Waals surface area (Å²) in [6.45, 7) is 0. The molecule has 0 saturated heterocycles. The molecule has 0 aliphatic carbocycles. The van der Waals surface area contributed by atoms with Gasteiger partial charge in [0.25, 0.3) is 5.69 Å². The fourth-order valence-corrected chi connectivity index (χ4v) is 2.18. The Morgan fingerprint density at radius 1 is 1.27 bits per heavy atom. The standard InChI is InChI=1S/C17H7ClFN3O4/c18-13-2-1-3-14(19)16(13)17(23)26-15-5-4-12(22(24)25)7-11(15)6-10(8-20)9-21/h1-7H. The van der Waals surface area contributed by atoms with Gasteiger partial charge < -0.3 is 4.74 Å². The van der Waals surface area contributed by atoms with Crippen molar-refractivity contribution in [2.24, 2.45) is 0 Å². The van der Waals surface area contributed by atoms with Gasteiger partial charge in [0, 0.05) is 17.7 Å². The summed E-state index contributed by atoms with van der Waals surface area (Å²) in [5.41, 5.74) is -1.30. The molecular weight excluding hydrogens is 365 g/mol. The quantitative estimate of drug-likeness (QED) is 0.263. The number of hydrogen-bond donors (Lipinski definition) is 0. The molecule has 7 nitrogen and oxygen atoms in total. The van der Waals surface area contributed by atoms with Crippen LogP contribution in [-0.4, -0.2) is 10.9 Å². The van der Waals surface area contributed by atoms with Crippen LogP contribution < -0.4 is 4.74 Å². The molecule has 0 amide bonds. The van der Waals surface area contributed by atoms with E-state index in [4.69, 9.17) is 26.9 Å². The third kappa shape index (κ3) is 4.01. The molecule has 0 radical (unpaired) electrons. The number of halogens is 2. The number of ether oxygens (including phenoxy) is 1. The van der Waals surface area contributed by atoms with Crippen LogP contribution in [0.4, 0.5) is 10.1 Å². The van der Waals surface area contributed by atoms with Gasteiger partial charge in [0.05, 0.1) is 9.95 Å². The third-order valence-corrected chi connectivity index (χ3v) is 3.43. The molecule has 0 N–H and O–H groups in total. The highest BCUT2D eigenvalue weighted by molar-refractivity contribution is 6.33. The predicted molar refractivity (Wildman–Crippen MR) is 88.7 cm³/mol. The van der Waals surface area contributed by atoms with E-state index in [1.165, 1.54) is 12.1 Å². The molecule has 2 aromatic carbocycles. The monoisotopic (exact) mass is 371 g/mol. The van der Waals surface area contributed by atoms with Crippen molar-refractivity contribution in [2.45, 2.75) is 0 Å². The summed E-state index contributed by atoms with van der Waals surface area (Å²) in [5, 5.41) is 28.4. The van der Waals surface area contributed by atoms with E-state index < -0.39 is 22.3 Å². The van der Waals surface area contributed by atoms with Crippen LogP contribution in [0, 0.1) is 38.6 Å². The van der Waals surface area contributed by atoms with Crippen molar-refractivity contribution in [1.29, 1.82) is 10.5 Å². The minimum Gasteiger partial charge on any atom is -0.422 e. The number of nitrogens with zero attached hydrogens (tertiary/aromatic N) is 3. The van der Waals surface area contributed by atoms with Gasteiger partial charge in [-0.2, -0.15) is 10.5 Å². The van der Waals surface area contributed by atoms with Crippen LogP contribution in [0.25, 0.3) is 6.08 Å². The Morgan fingerprint density at radius 3 is 2.54 bits per heavy atom. The van der Waals surface area contributed by atoms with Gasteiger partial charge >= 0.3 is 5.97 Å². The zero-order valence-corrected chi connectivity index (χ0v) is 13.5. The predicted octanol–water partition coefficient (Wildman–Crippen LogP) is 4.04. The molecule has 0 unspecified atom stereocenters. The molecule has 2 rings (SSSR count). The second-order valence-corrected chi connectivity index (χ2v) is 5.15. The van der Waals surface area contributed by atoms with Crippen molar-refractivity contribution in [1.82, 2.24) is 0 Å². The van der Waals surface area contributed by atoms with Crippen molar-refractivity contribution >= 4 is 29.3 Å². The largest absolute Gasteiger partial charge is 0.422 e. The summed E-state index contributed by atoms with van der Waals surface area (Å²) in [5.74, 6) is -2.24. The number of nitriles is 2. The van der Waals surface area contributed by atoms with Gasteiger partial charge in [-0.15, -0.1) is 0 Å². The molecule has 0 atom stereocenters. The minimum atomic E-state index is -1.13. The molecule has 0 fully saturated rings. The first-order valence-corrected chi connectivity index (χ1v) is 7.21. The van der Waals surface area contributed by atoms with Gasteiger partial charge in [0.1, 0.15) is 34.8 Å². The van der Waals surface area contributed by atoms with Gasteiger partial charge in [-0.1, -0.05) is 17.7 Å². The average molecular weight is 372 g/mol. The van der Waals surface area contributed by atoms with Crippen molar-refractivity contribution in [3.05, 3.63) is 74.1 Å². The smallest absolute Gasteiger partial charge is 0.348 e. The van der Waals surface area contributed by atoms with E-state index in [0.29, 0.717) is 0 Å². The normalized spacial score (nSPS) is 9.54. The van der Waals surface area contributed by atoms with Crippen molar-refractivity contribution in [3.8, 4) is 17.9 Å². The number of allylic oxidation sites excluding steroid dienone is 1. The number of nitro groups is 1. The van der Waals surface area contributed by atoms with Gasteiger partial charge in [-0.3, -0.25) is 10.1 Å². The molecule has 0 aliphatic rings. The molecule has 0 aliphatic heterocycles. The Hall–Kier alpha value is -3.75. The lowest BCUT2D eigenvalue weighted by Gasteiger charge is -2.09. The summed E-state index contributed by atoms with van der Waals surface area (Å²) >= 11 is 5.80. The Labute approximate surface area is 151 Å². The number of nitro benzene ring substituents is 1. The first-order chi connectivity index (χ1) is 12.4. The van der Waals surface area contributed by atoms with Crippen LogP contribution in [0.5, 0.6) is 5.75 Å². The van der Waals surface area contributed by atoms with E-state index in [1.54, 1.807) is 12.1 Å². The van der Waals surface area contributed by atoms with Crippen LogP contribution in [0.2, 0.25) is 5.02 Å². The maximum Gasteiger partial charge on any atom is 0.348 e. The highest BCUT2D eigenvalue weighted by Crippen LogP contribution is 2.28. The lowest BCUT2D eigenvalue weighted by atomic mass is 10.1. The topological polar surface area (TPSA) is 117 Å². The number of hydrogen-bond acceptors (Lipinski definition) is 6. The van der Waals surface area contributed by atoms with Crippen LogP contribution in [0.15, 0.2) is 42.0 Å². The van der Waals surface area contributed by atoms with Gasteiger partial charge in [0.15, 0.2) is 0 Å². The first-order valence-electron chi connectivity index (χ1n) is 6.84. The SMILES string of the molecule is N#CC(C#N)=Cc1cc([N+](=O)[O-])ccc1OC(=O)c1c(F)cccc1Cl. The molecule has 2 aromatic rings. The average Bonchev–Trinajstić information content (AvgIpc) is 2.60. The second kappa shape index (κ2) is 7.88. The van der Waals surface area contributed by atoms with Gasteiger partial charge in [-0.05, 0) is 24.3 Å². The number of non-ortho nitro benzene ring substituents is 1. The molecule has 0 saturated carbocycles. The van der Waals surface area contributed by atoms with E-state index in [9.17, 15) is 19.3 Å². The highest BCUT2D eigenvalue weighted by Gasteiger charge is 2.20. The summed E-state index contributed by atoms with van der Waals surface area (Å²) in [6.07, 6.45) is 1.01. The van der Waals surface area contributed by atoms with Crippen LogP contribution in [0.3, 0.4) is 0 Å². The Bertz CT molecular complexity index is 985. The van der Waals surface area contributed by atoms with E-state index in [2.05, 4.69) is 0 Å². The van der Waals surface area contributed by atoms with Crippen LogP contribution in [0.1, 0.15) is 15.9 Å². The van der Waals surface area contributed by atoms with E-state index >= 15 is 0 Å². The van der Waals surface area contributed by atoms with Crippen molar-refractivity contribution < 1.29 is 18.8 Å². The summed E-state index contributed by atoms with van der Waals surface area (Å²) in [6, 6.07) is 9.96. The number of carbonyl (C=O) groups excluding carboxylic acids is 1. The molecule has 0 bridgehead atoms. The van der Waals surface area contributed by atoms with Crippen LogP contribution in [-0.2, 0) is 0 Å². The maximum absolute atomic E-state index is 13.8. The van der Waals surface area contributed by atoms with Crippen LogP contribution >= 0.6 is 11.6 Å². The molecule has 128 valence electrons. The molecular formula is C17H7ClFN3O4. The fraction of sp³-hybridized carbons (Fsp3) is 0. The maximum atomic E-state index is 13.8. The van der Waals surface area contributed by atoms with Gasteiger partial charge in [-0.25, -0.2) is 9.18 Å². The van der Waals surface area contributed by atoms with E-state index in [-0.39, 0.29) is 27.6 Å². The zero-order chi connectivity index (χ0) is 19.3. The number of benzene rings is 2. The van der Waals surface area contributed by atoms with Crippen molar-refractivity contribution in [3.63, 3.8) is 0 Å². The van der Waals surface area contributed by atoms with E-state index in [1.807, 2.05) is 0 Å². The molecule has 0 heterocycles. The molecule has 9 heteroatoms.